The van der Waals surface area contributed by atoms with Crippen molar-refractivity contribution in [2.24, 2.45) is 5.92 Å². The van der Waals surface area contributed by atoms with Gasteiger partial charge in [-0.1, -0.05) is 71.4 Å². The Kier molecular flexibility index (Phi) is 9.25. The fraction of sp³-hybridized carbons (Fsp3) is 0.619. The SMILES string of the molecule is CCCCCc1c(CC(CC)CCCC)ccc(C(=O)[O-])c1C(=O)[O-]. The van der Waals surface area contributed by atoms with Gasteiger partial charge in [0.2, 0.25) is 0 Å². The summed E-state index contributed by atoms with van der Waals surface area (Å²) in [5.74, 6) is -2.40. The van der Waals surface area contributed by atoms with Crippen LogP contribution in [0.15, 0.2) is 12.1 Å². The summed E-state index contributed by atoms with van der Waals surface area (Å²) < 4.78 is 0. The van der Waals surface area contributed by atoms with Crippen LogP contribution in [0.4, 0.5) is 0 Å². The van der Waals surface area contributed by atoms with Crippen molar-refractivity contribution in [2.75, 3.05) is 0 Å². The van der Waals surface area contributed by atoms with Gasteiger partial charge < -0.3 is 19.8 Å². The van der Waals surface area contributed by atoms with Gasteiger partial charge in [0.25, 0.3) is 0 Å². The molecule has 4 heteroatoms. The molecule has 1 unspecified atom stereocenters. The smallest absolute Gasteiger partial charge is 0.0724 e. The zero-order valence-corrected chi connectivity index (χ0v) is 15.7. The maximum absolute atomic E-state index is 11.7. The molecule has 1 aromatic carbocycles. The Morgan fingerprint density at radius 2 is 1.64 bits per heavy atom. The lowest BCUT2D eigenvalue weighted by atomic mass is 9.85. The minimum atomic E-state index is -1.46. The average Bonchev–Trinajstić information content (AvgIpc) is 2.58. The number of hydrogen-bond acceptors (Lipinski definition) is 4. The second kappa shape index (κ2) is 10.9. The Morgan fingerprint density at radius 3 is 2.16 bits per heavy atom. The Balaban J connectivity index is 3.27. The number of unbranched alkanes of at least 4 members (excludes halogenated alkanes) is 3. The van der Waals surface area contributed by atoms with Crippen LogP contribution in [0.2, 0.25) is 0 Å². The molecule has 0 spiro atoms. The number of rotatable bonds is 12. The highest BCUT2D eigenvalue weighted by molar-refractivity contribution is 6.01. The molecular weight excluding hydrogens is 316 g/mol. The molecule has 25 heavy (non-hydrogen) atoms. The Morgan fingerprint density at radius 1 is 0.960 bits per heavy atom. The van der Waals surface area contributed by atoms with Gasteiger partial charge in [0.1, 0.15) is 0 Å². The lowest BCUT2D eigenvalue weighted by Crippen LogP contribution is -2.32. The van der Waals surface area contributed by atoms with Crippen molar-refractivity contribution in [3.05, 3.63) is 34.4 Å². The highest BCUT2D eigenvalue weighted by atomic mass is 16.4. The molecular formula is C21H30O4-2. The number of carboxylic acid groups (broad SMARTS) is 2. The standard InChI is InChI=1S/C21H32O4/c1-4-7-9-11-17-16(14-15(6-3)10-8-5-2)12-13-18(20(22)23)19(17)21(24)25/h12-13,15H,4-11,14H2,1-3H3,(H,22,23)(H,24,25)/p-2. The summed E-state index contributed by atoms with van der Waals surface area (Å²) >= 11 is 0. The van der Waals surface area contributed by atoms with E-state index < -0.39 is 11.9 Å². The average molecular weight is 346 g/mol. The zero-order chi connectivity index (χ0) is 18.8. The first-order valence-electron chi connectivity index (χ1n) is 9.53. The normalized spacial score (nSPS) is 12.1. The number of carbonyl (C=O) groups is 2. The van der Waals surface area contributed by atoms with E-state index in [4.69, 9.17) is 0 Å². The third-order valence-corrected chi connectivity index (χ3v) is 4.92. The third-order valence-electron chi connectivity index (χ3n) is 4.92. The van der Waals surface area contributed by atoms with E-state index >= 15 is 0 Å². The molecule has 0 N–H and O–H groups in total. The quantitative estimate of drug-likeness (QED) is 0.545. The van der Waals surface area contributed by atoms with E-state index in [1.807, 2.05) is 0 Å². The van der Waals surface area contributed by atoms with Gasteiger partial charge in [0.15, 0.2) is 0 Å². The van der Waals surface area contributed by atoms with Crippen molar-refractivity contribution in [1.29, 1.82) is 0 Å². The first kappa shape index (κ1) is 21.2. The molecule has 0 aliphatic carbocycles. The second-order valence-electron chi connectivity index (χ2n) is 6.78. The molecule has 0 aromatic heterocycles. The van der Waals surface area contributed by atoms with E-state index in [0.717, 1.165) is 56.9 Å². The van der Waals surface area contributed by atoms with Gasteiger partial charge in [0.05, 0.1) is 11.9 Å². The Bertz CT molecular complexity index is 578. The molecule has 0 radical (unpaired) electrons. The number of benzene rings is 1. The topological polar surface area (TPSA) is 80.3 Å². The van der Waals surface area contributed by atoms with Crippen molar-refractivity contribution in [1.82, 2.24) is 0 Å². The lowest BCUT2D eigenvalue weighted by molar-refractivity contribution is -0.259. The molecule has 4 nitrogen and oxygen atoms in total. The van der Waals surface area contributed by atoms with Crippen molar-refractivity contribution < 1.29 is 19.8 Å². The molecule has 0 amide bonds. The van der Waals surface area contributed by atoms with Crippen LogP contribution < -0.4 is 10.2 Å². The summed E-state index contributed by atoms with van der Waals surface area (Å²) in [7, 11) is 0. The Labute approximate surface area is 151 Å². The number of hydrogen-bond donors (Lipinski definition) is 0. The Hall–Kier alpha value is -1.84. The molecule has 0 fully saturated rings. The van der Waals surface area contributed by atoms with Crippen LogP contribution in [0.1, 0.15) is 97.6 Å². The van der Waals surface area contributed by atoms with Crippen LogP contribution in [-0.2, 0) is 12.8 Å². The maximum Gasteiger partial charge on any atom is 0.0724 e. The summed E-state index contributed by atoms with van der Waals surface area (Å²) in [5.41, 5.74) is 1.13. The van der Waals surface area contributed by atoms with Crippen LogP contribution in [0.25, 0.3) is 0 Å². The highest BCUT2D eigenvalue weighted by Gasteiger charge is 2.17. The predicted octanol–water partition coefficient (Wildman–Crippen LogP) is 2.91. The lowest BCUT2D eigenvalue weighted by Gasteiger charge is -2.23. The van der Waals surface area contributed by atoms with Crippen molar-refractivity contribution >= 4 is 11.9 Å². The van der Waals surface area contributed by atoms with Crippen molar-refractivity contribution in [2.45, 2.75) is 78.6 Å². The molecule has 1 aromatic rings. The zero-order valence-electron chi connectivity index (χ0n) is 15.7. The number of carbonyl (C=O) groups excluding carboxylic acids is 2. The predicted molar refractivity (Wildman–Crippen MR) is 95.3 cm³/mol. The van der Waals surface area contributed by atoms with Gasteiger partial charge in [-0.3, -0.25) is 0 Å². The first-order chi connectivity index (χ1) is 12.0. The van der Waals surface area contributed by atoms with Gasteiger partial charge >= 0.3 is 0 Å². The summed E-state index contributed by atoms with van der Waals surface area (Å²) in [5, 5.41) is 23.0. The number of carboxylic acids is 2. The maximum atomic E-state index is 11.7. The highest BCUT2D eigenvalue weighted by Crippen LogP contribution is 2.26. The van der Waals surface area contributed by atoms with E-state index in [0.29, 0.717) is 17.9 Å². The van der Waals surface area contributed by atoms with Gasteiger partial charge in [-0.15, -0.1) is 0 Å². The fourth-order valence-corrected chi connectivity index (χ4v) is 3.38. The summed E-state index contributed by atoms with van der Waals surface area (Å²) in [6.07, 6.45) is 8.59. The molecule has 0 aliphatic rings. The molecule has 1 atom stereocenters. The molecule has 0 saturated heterocycles. The van der Waals surface area contributed by atoms with Gasteiger partial charge in [-0.05, 0) is 36.3 Å². The summed E-state index contributed by atoms with van der Waals surface area (Å²) in [6, 6.07) is 3.14. The van der Waals surface area contributed by atoms with Crippen LogP contribution in [-0.4, -0.2) is 11.9 Å². The van der Waals surface area contributed by atoms with E-state index in [9.17, 15) is 19.8 Å². The molecule has 0 heterocycles. The van der Waals surface area contributed by atoms with E-state index in [-0.39, 0.29) is 11.1 Å². The summed E-state index contributed by atoms with van der Waals surface area (Å²) in [4.78, 5) is 23.0. The van der Waals surface area contributed by atoms with Crippen LogP contribution in [0, 0.1) is 5.92 Å². The first-order valence-corrected chi connectivity index (χ1v) is 9.53. The largest absolute Gasteiger partial charge is 0.545 e. The number of aromatic carboxylic acids is 2. The molecule has 0 aliphatic heterocycles. The van der Waals surface area contributed by atoms with Crippen LogP contribution >= 0.6 is 0 Å². The van der Waals surface area contributed by atoms with Crippen LogP contribution in [0.5, 0.6) is 0 Å². The van der Waals surface area contributed by atoms with E-state index in [1.165, 1.54) is 6.07 Å². The molecule has 0 saturated carbocycles. The van der Waals surface area contributed by atoms with E-state index in [1.54, 1.807) is 6.07 Å². The summed E-state index contributed by atoms with van der Waals surface area (Å²) in [6.45, 7) is 6.38. The minimum absolute atomic E-state index is 0.182. The van der Waals surface area contributed by atoms with Gasteiger partial charge in [-0.25, -0.2) is 0 Å². The molecule has 1 rings (SSSR count). The third kappa shape index (κ3) is 6.18. The molecule has 0 bridgehead atoms. The van der Waals surface area contributed by atoms with Crippen molar-refractivity contribution in [3.63, 3.8) is 0 Å². The van der Waals surface area contributed by atoms with E-state index in [2.05, 4.69) is 20.8 Å². The fourth-order valence-electron chi connectivity index (χ4n) is 3.38. The second-order valence-corrected chi connectivity index (χ2v) is 6.78. The minimum Gasteiger partial charge on any atom is -0.545 e. The van der Waals surface area contributed by atoms with Crippen molar-refractivity contribution in [3.8, 4) is 0 Å². The van der Waals surface area contributed by atoms with Crippen LogP contribution in [0.3, 0.4) is 0 Å². The molecule has 140 valence electrons. The van der Waals surface area contributed by atoms with Gasteiger partial charge in [-0.2, -0.15) is 0 Å². The van der Waals surface area contributed by atoms with Gasteiger partial charge in [0, 0.05) is 11.1 Å². The monoisotopic (exact) mass is 346 g/mol.